The van der Waals surface area contributed by atoms with Gasteiger partial charge in [0, 0.05) is 18.6 Å². The summed E-state index contributed by atoms with van der Waals surface area (Å²) in [6.07, 6.45) is 3.53. The molecule has 20 heavy (non-hydrogen) atoms. The zero-order valence-corrected chi connectivity index (χ0v) is 13.1. The summed E-state index contributed by atoms with van der Waals surface area (Å²) in [5.74, 6) is 0. The van der Waals surface area contributed by atoms with E-state index in [1.807, 2.05) is 26.0 Å². The fraction of sp³-hybridized carbons (Fsp3) is 0.600. The van der Waals surface area contributed by atoms with Crippen molar-refractivity contribution in [3.63, 3.8) is 0 Å². The molecule has 0 bridgehead atoms. The van der Waals surface area contributed by atoms with Crippen molar-refractivity contribution >= 4 is 10.0 Å². The molecule has 2 rings (SSSR count). The van der Waals surface area contributed by atoms with Gasteiger partial charge in [-0.05, 0) is 37.8 Å². The average Bonchev–Trinajstić information content (AvgIpc) is 2.47. The number of hydrogen-bond acceptors (Lipinski definition) is 3. The molecular weight excluding hydrogens is 272 g/mol. The van der Waals surface area contributed by atoms with Crippen LogP contribution in [0.2, 0.25) is 0 Å². The Bertz CT molecular complexity index is 555. The van der Waals surface area contributed by atoms with Gasteiger partial charge in [-0.2, -0.15) is 4.31 Å². The van der Waals surface area contributed by atoms with Crippen molar-refractivity contribution in [1.29, 1.82) is 0 Å². The number of nitrogens with zero attached hydrogens (tertiary/aromatic N) is 1. The third-order valence-corrected chi connectivity index (χ3v) is 6.07. The van der Waals surface area contributed by atoms with E-state index in [1.54, 1.807) is 16.4 Å². The average molecular weight is 296 g/mol. The second-order valence-electron chi connectivity index (χ2n) is 5.50. The Kier molecular flexibility index (Phi) is 4.83. The van der Waals surface area contributed by atoms with Crippen LogP contribution in [0.4, 0.5) is 0 Å². The first-order valence-electron chi connectivity index (χ1n) is 7.33. The number of hydrogen-bond donors (Lipinski definition) is 1. The molecule has 4 nitrogen and oxygen atoms in total. The Labute approximate surface area is 122 Å². The summed E-state index contributed by atoms with van der Waals surface area (Å²) in [5.41, 5.74) is 6.87. The molecule has 1 aromatic rings. The second kappa shape index (κ2) is 6.24. The summed E-state index contributed by atoms with van der Waals surface area (Å²) in [6.45, 7) is 4.45. The summed E-state index contributed by atoms with van der Waals surface area (Å²) in [5, 5.41) is 0. The fourth-order valence-corrected chi connectivity index (χ4v) is 5.00. The van der Waals surface area contributed by atoms with Crippen LogP contribution in [0.15, 0.2) is 29.2 Å². The van der Waals surface area contributed by atoms with Gasteiger partial charge in [0.15, 0.2) is 0 Å². The molecule has 2 unspecified atom stereocenters. The van der Waals surface area contributed by atoms with Crippen molar-refractivity contribution in [2.45, 2.75) is 56.5 Å². The van der Waals surface area contributed by atoms with Gasteiger partial charge >= 0.3 is 0 Å². The van der Waals surface area contributed by atoms with E-state index in [2.05, 4.69) is 0 Å². The molecule has 2 N–H and O–H groups in total. The Morgan fingerprint density at radius 1 is 1.35 bits per heavy atom. The van der Waals surface area contributed by atoms with Crippen molar-refractivity contribution in [2.24, 2.45) is 5.73 Å². The lowest BCUT2D eigenvalue weighted by Gasteiger charge is -2.37. The van der Waals surface area contributed by atoms with Crippen LogP contribution in [-0.4, -0.2) is 31.4 Å². The summed E-state index contributed by atoms with van der Waals surface area (Å²) < 4.78 is 27.5. The molecule has 0 aliphatic carbocycles. The highest BCUT2D eigenvalue weighted by Crippen LogP contribution is 2.28. The van der Waals surface area contributed by atoms with Gasteiger partial charge < -0.3 is 5.73 Å². The van der Waals surface area contributed by atoms with E-state index in [-0.39, 0.29) is 12.1 Å². The van der Waals surface area contributed by atoms with E-state index >= 15 is 0 Å². The van der Waals surface area contributed by atoms with Crippen molar-refractivity contribution in [2.75, 3.05) is 6.54 Å². The Balaban J connectivity index is 2.42. The molecule has 0 saturated carbocycles. The minimum absolute atomic E-state index is 0.0846. The highest BCUT2D eigenvalue weighted by molar-refractivity contribution is 7.89. The second-order valence-corrected chi connectivity index (χ2v) is 7.36. The SMILES string of the molecule is CCc1ccccc1S(=O)(=O)N1CCCCC1C(C)N. The zero-order valence-electron chi connectivity index (χ0n) is 12.2. The lowest BCUT2D eigenvalue weighted by Crippen LogP contribution is -2.51. The maximum atomic E-state index is 13.0. The lowest BCUT2D eigenvalue weighted by molar-refractivity contribution is 0.227. The maximum absolute atomic E-state index is 13.0. The largest absolute Gasteiger partial charge is 0.326 e. The van der Waals surface area contributed by atoms with Gasteiger partial charge in [0.1, 0.15) is 0 Å². The van der Waals surface area contributed by atoms with Gasteiger partial charge in [-0.15, -0.1) is 0 Å². The van der Waals surface area contributed by atoms with Crippen LogP contribution >= 0.6 is 0 Å². The fourth-order valence-electron chi connectivity index (χ4n) is 2.93. The first-order valence-corrected chi connectivity index (χ1v) is 8.77. The third kappa shape index (κ3) is 2.90. The Morgan fingerprint density at radius 2 is 2.05 bits per heavy atom. The normalized spacial score (nSPS) is 22.6. The van der Waals surface area contributed by atoms with E-state index in [9.17, 15) is 8.42 Å². The van der Waals surface area contributed by atoms with E-state index < -0.39 is 10.0 Å². The van der Waals surface area contributed by atoms with Crippen LogP contribution in [0, 0.1) is 0 Å². The molecule has 5 heteroatoms. The number of nitrogens with two attached hydrogens (primary N) is 1. The minimum atomic E-state index is -3.45. The number of benzene rings is 1. The third-order valence-electron chi connectivity index (χ3n) is 4.05. The van der Waals surface area contributed by atoms with Crippen molar-refractivity contribution < 1.29 is 8.42 Å². The summed E-state index contributed by atoms with van der Waals surface area (Å²) >= 11 is 0. The predicted octanol–water partition coefficient (Wildman–Crippen LogP) is 2.14. The quantitative estimate of drug-likeness (QED) is 0.926. The molecule has 1 aliphatic rings. The molecular formula is C15H24N2O2S. The molecule has 2 atom stereocenters. The van der Waals surface area contributed by atoms with Crippen molar-refractivity contribution in [3.05, 3.63) is 29.8 Å². The van der Waals surface area contributed by atoms with E-state index in [0.717, 1.165) is 24.8 Å². The predicted molar refractivity (Wildman–Crippen MR) is 81.0 cm³/mol. The maximum Gasteiger partial charge on any atom is 0.243 e. The Hall–Kier alpha value is -0.910. The van der Waals surface area contributed by atoms with Gasteiger partial charge in [0.25, 0.3) is 0 Å². The van der Waals surface area contributed by atoms with E-state index in [0.29, 0.717) is 17.9 Å². The van der Waals surface area contributed by atoms with Crippen molar-refractivity contribution in [3.8, 4) is 0 Å². The molecule has 0 radical (unpaired) electrons. The Morgan fingerprint density at radius 3 is 2.70 bits per heavy atom. The van der Waals surface area contributed by atoms with Gasteiger partial charge in [0.05, 0.1) is 4.90 Å². The molecule has 1 aromatic carbocycles. The topological polar surface area (TPSA) is 63.4 Å². The molecule has 1 aliphatic heterocycles. The van der Waals surface area contributed by atoms with Crippen LogP contribution in [0.25, 0.3) is 0 Å². The summed E-state index contributed by atoms with van der Waals surface area (Å²) in [6, 6.07) is 7.05. The van der Waals surface area contributed by atoms with Gasteiger partial charge in [0.2, 0.25) is 10.0 Å². The number of rotatable bonds is 4. The number of piperidine rings is 1. The monoisotopic (exact) mass is 296 g/mol. The van der Waals surface area contributed by atoms with Crippen LogP contribution in [0.5, 0.6) is 0 Å². The van der Waals surface area contributed by atoms with Crippen LogP contribution in [0.1, 0.15) is 38.7 Å². The molecule has 112 valence electrons. The zero-order chi connectivity index (χ0) is 14.8. The van der Waals surface area contributed by atoms with Gasteiger partial charge in [-0.3, -0.25) is 0 Å². The summed E-state index contributed by atoms with van der Waals surface area (Å²) in [4.78, 5) is 0.440. The van der Waals surface area contributed by atoms with E-state index in [4.69, 9.17) is 5.73 Å². The van der Waals surface area contributed by atoms with Crippen LogP contribution in [-0.2, 0) is 16.4 Å². The van der Waals surface area contributed by atoms with Crippen LogP contribution in [0.3, 0.4) is 0 Å². The minimum Gasteiger partial charge on any atom is -0.326 e. The highest BCUT2D eigenvalue weighted by atomic mass is 32.2. The smallest absolute Gasteiger partial charge is 0.243 e. The first kappa shape index (κ1) is 15.5. The number of sulfonamides is 1. The van der Waals surface area contributed by atoms with Gasteiger partial charge in [-0.25, -0.2) is 8.42 Å². The van der Waals surface area contributed by atoms with Crippen LogP contribution < -0.4 is 5.73 Å². The lowest BCUT2D eigenvalue weighted by atomic mass is 10.00. The highest BCUT2D eigenvalue weighted by Gasteiger charge is 2.35. The number of aryl methyl sites for hydroxylation is 1. The molecule has 1 heterocycles. The first-order chi connectivity index (χ1) is 9.48. The summed E-state index contributed by atoms with van der Waals surface area (Å²) in [7, 11) is -3.45. The standard InChI is InChI=1S/C15H24N2O2S/c1-3-13-8-4-5-10-15(13)20(18,19)17-11-7-6-9-14(17)12(2)16/h4-5,8,10,12,14H,3,6-7,9,11,16H2,1-2H3. The molecule has 0 spiro atoms. The molecule has 0 aromatic heterocycles. The molecule has 0 amide bonds. The molecule has 1 fully saturated rings. The van der Waals surface area contributed by atoms with Gasteiger partial charge in [-0.1, -0.05) is 31.5 Å². The van der Waals surface area contributed by atoms with Crippen molar-refractivity contribution in [1.82, 2.24) is 4.31 Å². The molecule has 1 saturated heterocycles. The van der Waals surface area contributed by atoms with E-state index in [1.165, 1.54) is 0 Å².